The average molecular weight is 459 g/mol. The molecular formula is C26H26N4O2S. The molecule has 0 unspecified atom stereocenters. The number of piperazine rings is 1. The first kappa shape index (κ1) is 21.4. The lowest BCUT2D eigenvalue weighted by Gasteiger charge is -2.35. The molecule has 3 aromatic carbocycles. The molecule has 4 aromatic rings. The zero-order chi connectivity index (χ0) is 22.7. The molecule has 7 heteroatoms. The number of sulfonamides is 1. The van der Waals surface area contributed by atoms with Crippen LogP contribution in [0.5, 0.6) is 0 Å². The number of rotatable bonds is 6. The molecule has 2 heterocycles. The lowest BCUT2D eigenvalue weighted by atomic mass is 10.2. The molecule has 6 nitrogen and oxygen atoms in total. The fourth-order valence-electron chi connectivity index (χ4n) is 4.20. The first-order valence-corrected chi connectivity index (χ1v) is 12.5. The number of aromatic nitrogens is 2. The molecule has 5 rings (SSSR count). The number of benzene rings is 3. The molecule has 0 spiro atoms. The summed E-state index contributed by atoms with van der Waals surface area (Å²) in [6, 6.07) is 29.6. The van der Waals surface area contributed by atoms with Crippen LogP contribution in [-0.2, 0) is 16.6 Å². The minimum Gasteiger partial charge on any atom is -0.369 e. The number of hydrogen-bond donors (Lipinski definition) is 0. The van der Waals surface area contributed by atoms with E-state index in [2.05, 4.69) is 17.0 Å². The van der Waals surface area contributed by atoms with Crippen LogP contribution in [0, 0.1) is 0 Å². The van der Waals surface area contributed by atoms with Gasteiger partial charge in [0.1, 0.15) is 10.6 Å². The Kier molecular flexibility index (Phi) is 5.98. The van der Waals surface area contributed by atoms with Crippen LogP contribution < -0.4 is 4.90 Å². The third-order valence-electron chi connectivity index (χ3n) is 5.94. The van der Waals surface area contributed by atoms with Gasteiger partial charge in [-0.3, -0.25) is 4.68 Å². The van der Waals surface area contributed by atoms with Crippen LogP contribution in [0.1, 0.15) is 5.56 Å². The van der Waals surface area contributed by atoms with Crippen LogP contribution in [0.15, 0.2) is 102 Å². The zero-order valence-electron chi connectivity index (χ0n) is 18.3. The Bertz CT molecular complexity index is 1300. The maximum Gasteiger partial charge on any atom is 0.246 e. The van der Waals surface area contributed by atoms with E-state index in [0.29, 0.717) is 38.4 Å². The molecule has 1 saturated heterocycles. The van der Waals surface area contributed by atoms with Crippen molar-refractivity contribution in [2.75, 3.05) is 31.1 Å². The normalized spacial score (nSPS) is 15.0. The number of anilines is 1. The van der Waals surface area contributed by atoms with Crippen molar-refractivity contribution in [2.45, 2.75) is 11.4 Å². The Labute approximate surface area is 194 Å². The molecule has 0 bridgehead atoms. The lowest BCUT2D eigenvalue weighted by Crippen LogP contribution is -2.48. The van der Waals surface area contributed by atoms with Crippen molar-refractivity contribution >= 4 is 15.7 Å². The van der Waals surface area contributed by atoms with E-state index in [1.807, 2.05) is 78.9 Å². The topological polar surface area (TPSA) is 58.4 Å². The van der Waals surface area contributed by atoms with Gasteiger partial charge in [-0.1, -0.05) is 78.9 Å². The largest absolute Gasteiger partial charge is 0.369 e. The van der Waals surface area contributed by atoms with Gasteiger partial charge in [-0.25, -0.2) is 8.42 Å². The summed E-state index contributed by atoms with van der Waals surface area (Å²) in [6.07, 6.45) is 1.67. The fourth-order valence-corrected chi connectivity index (χ4v) is 5.78. The molecule has 1 aliphatic rings. The molecule has 1 aliphatic heterocycles. The van der Waals surface area contributed by atoms with Gasteiger partial charge in [-0.2, -0.15) is 9.40 Å². The summed E-state index contributed by atoms with van der Waals surface area (Å²) < 4.78 is 30.8. The van der Waals surface area contributed by atoms with E-state index in [9.17, 15) is 8.42 Å². The highest BCUT2D eigenvalue weighted by Gasteiger charge is 2.32. The Morgan fingerprint density at radius 3 is 1.94 bits per heavy atom. The van der Waals surface area contributed by atoms with Gasteiger partial charge >= 0.3 is 0 Å². The number of nitrogens with zero attached hydrogens (tertiary/aromatic N) is 4. The summed E-state index contributed by atoms with van der Waals surface area (Å²) >= 11 is 0. The van der Waals surface area contributed by atoms with E-state index in [1.54, 1.807) is 15.2 Å². The molecule has 33 heavy (non-hydrogen) atoms. The van der Waals surface area contributed by atoms with E-state index >= 15 is 0 Å². The summed E-state index contributed by atoms with van der Waals surface area (Å²) in [5.74, 6) is 0. The highest BCUT2D eigenvalue weighted by molar-refractivity contribution is 7.89. The Morgan fingerprint density at radius 2 is 1.30 bits per heavy atom. The second-order valence-electron chi connectivity index (χ2n) is 8.12. The summed E-state index contributed by atoms with van der Waals surface area (Å²) in [5.41, 5.74) is 3.48. The van der Waals surface area contributed by atoms with Crippen molar-refractivity contribution in [2.24, 2.45) is 0 Å². The summed E-state index contributed by atoms with van der Waals surface area (Å²) in [5, 5.41) is 4.70. The van der Waals surface area contributed by atoms with Crippen LogP contribution in [0.2, 0.25) is 0 Å². The van der Waals surface area contributed by atoms with Crippen LogP contribution >= 0.6 is 0 Å². The molecule has 1 fully saturated rings. The van der Waals surface area contributed by atoms with Gasteiger partial charge in [-0.15, -0.1) is 0 Å². The Morgan fingerprint density at radius 1 is 0.727 bits per heavy atom. The maximum absolute atomic E-state index is 13.7. The lowest BCUT2D eigenvalue weighted by molar-refractivity contribution is 0.385. The number of hydrogen-bond acceptors (Lipinski definition) is 4. The van der Waals surface area contributed by atoms with Crippen LogP contribution in [0.3, 0.4) is 0 Å². The van der Waals surface area contributed by atoms with Crippen molar-refractivity contribution in [3.05, 3.63) is 103 Å². The van der Waals surface area contributed by atoms with Crippen molar-refractivity contribution < 1.29 is 8.42 Å². The van der Waals surface area contributed by atoms with Gasteiger partial charge in [0.2, 0.25) is 10.0 Å². The average Bonchev–Trinajstić information content (AvgIpc) is 3.30. The van der Waals surface area contributed by atoms with Crippen LogP contribution in [0.4, 0.5) is 5.69 Å². The van der Waals surface area contributed by atoms with Crippen molar-refractivity contribution in [1.82, 2.24) is 14.1 Å². The molecule has 0 saturated carbocycles. The van der Waals surface area contributed by atoms with Crippen molar-refractivity contribution in [1.29, 1.82) is 0 Å². The molecule has 0 N–H and O–H groups in total. The summed E-state index contributed by atoms with van der Waals surface area (Å²) in [4.78, 5) is 2.49. The van der Waals surface area contributed by atoms with Gasteiger partial charge in [0, 0.05) is 43.6 Å². The molecule has 1 aromatic heterocycles. The predicted molar refractivity (Wildman–Crippen MR) is 131 cm³/mol. The van der Waals surface area contributed by atoms with E-state index in [0.717, 1.165) is 16.8 Å². The highest BCUT2D eigenvalue weighted by atomic mass is 32.2. The smallest absolute Gasteiger partial charge is 0.246 e. The first-order chi connectivity index (χ1) is 16.1. The molecule has 0 amide bonds. The van der Waals surface area contributed by atoms with Crippen LogP contribution in [0.25, 0.3) is 11.3 Å². The van der Waals surface area contributed by atoms with Gasteiger partial charge in [0.15, 0.2) is 0 Å². The minimum atomic E-state index is -3.69. The van der Waals surface area contributed by atoms with Crippen molar-refractivity contribution in [3.8, 4) is 11.3 Å². The Hall–Kier alpha value is -3.42. The quantitative estimate of drug-likeness (QED) is 0.436. The summed E-state index contributed by atoms with van der Waals surface area (Å²) in [7, 11) is -3.69. The van der Waals surface area contributed by atoms with Gasteiger partial charge < -0.3 is 4.90 Å². The molecule has 0 atom stereocenters. The Balaban J connectivity index is 1.44. The fraction of sp³-hybridized carbons (Fsp3) is 0.192. The summed E-state index contributed by atoms with van der Waals surface area (Å²) in [6.45, 7) is 2.70. The van der Waals surface area contributed by atoms with Gasteiger partial charge in [-0.05, 0) is 17.7 Å². The van der Waals surface area contributed by atoms with E-state index in [4.69, 9.17) is 5.10 Å². The molecular weight excluding hydrogens is 432 g/mol. The van der Waals surface area contributed by atoms with Gasteiger partial charge in [0.25, 0.3) is 0 Å². The SMILES string of the molecule is O=S(=O)(c1cn(Cc2ccccc2)nc1-c1ccccc1)N1CCN(c2ccccc2)CC1. The van der Waals surface area contributed by atoms with E-state index in [1.165, 1.54) is 0 Å². The monoisotopic (exact) mass is 458 g/mol. The third kappa shape index (κ3) is 4.55. The van der Waals surface area contributed by atoms with Crippen molar-refractivity contribution in [3.63, 3.8) is 0 Å². The predicted octanol–water partition coefficient (Wildman–Crippen LogP) is 4.11. The van der Waals surface area contributed by atoms with Crippen LogP contribution in [-0.4, -0.2) is 48.7 Å². The highest BCUT2D eigenvalue weighted by Crippen LogP contribution is 2.29. The van der Waals surface area contributed by atoms with E-state index in [-0.39, 0.29) is 4.90 Å². The van der Waals surface area contributed by atoms with Gasteiger partial charge in [0.05, 0.1) is 6.54 Å². The zero-order valence-corrected chi connectivity index (χ0v) is 19.1. The number of para-hydroxylation sites is 1. The first-order valence-electron chi connectivity index (χ1n) is 11.1. The second kappa shape index (κ2) is 9.21. The second-order valence-corrected chi connectivity index (χ2v) is 10.0. The molecule has 0 aliphatic carbocycles. The third-order valence-corrected chi connectivity index (χ3v) is 7.84. The molecule has 0 radical (unpaired) electrons. The van der Waals surface area contributed by atoms with E-state index < -0.39 is 10.0 Å². The standard InChI is InChI=1S/C26H26N4O2S/c31-33(32,30-18-16-28(17-19-30)24-14-8-3-9-15-24)25-21-29(20-22-10-4-1-5-11-22)27-26(25)23-12-6-2-7-13-23/h1-15,21H,16-20H2. The molecule has 168 valence electrons. The minimum absolute atomic E-state index is 0.262. The maximum atomic E-state index is 13.7.